The van der Waals surface area contributed by atoms with Gasteiger partial charge in [-0.3, -0.25) is 9.59 Å². The molecule has 0 bridgehead atoms. The number of carbonyl (C=O) groups is 1. The van der Waals surface area contributed by atoms with Gasteiger partial charge in [-0.25, -0.2) is 4.39 Å². The van der Waals surface area contributed by atoms with Crippen molar-refractivity contribution >= 4 is 28.6 Å². The minimum absolute atomic E-state index is 0.152. The first kappa shape index (κ1) is 18.0. The van der Waals surface area contributed by atoms with Gasteiger partial charge in [-0.1, -0.05) is 30.3 Å². The Labute approximate surface area is 161 Å². The van der Waals surface area contributed by atoms with Crippen LogP contribution in [-0.4, -0.2) is 42.0 Å². The summed E-state index contributed by atoms with van der Waals surface area (Å²) in [6, 6.07) is 15.9. The smallest absolute Gasteiger partial charge is 0.255 e. The fraction of sp³-hybridized carbons (Fsp3) is 0.182. The van der Waals surface area contributed by atoms with Crippen molar-refractivity contribution < 1.29 is 9.18 Å². The molecule has 0 atom stereocenters. The Hall–Kier alpha value is -3.41. The maximum Gasteiger partial charge on any atom is 0.255 e. The Morgan fingerprint density at radius 2 is 1.71 bits per heavy atom. The van der Waals surface area contributed by atoms with Crippen LogP contribution < -0.4 is 10.5 Å². The minimum atomic E-state index is -0.252. The Kier molecular flexibility index (Phi) is 4.93. The highest BCUT2D eigenvalue weighted by molar-refractivity contribution is 5.92. The molecule has 1 aliphatic heterocycles. The zero-order valence-electron chi connectivity index (χ0n) is 15.3. The molecule has 1 aliphatic rings. The maximum absolute atomic E-state index is 13.9. The monoisotopic (exact) mass is 377 g/mol. The van der Waals surface area contributed by atoms with Crippen molar-refractivity contribution in [1.82, 2.24) is 9.88 Å². The average molecular weight is 377 g/mol. The third-order valence-electron chi connectivity index (χ3n) is 4.97. The van der Waals surface area contributed by atoms with Gasteiger partial charge in [0.2, 0.25) is 5.91 Å². The van der Waals surface area contributed by atoms with E-state index in [1.165, 1.54) is 12.1 Å². The lowest BCUT2D eigenvalue weighted by atomic mass is 10.1. The molecule has 1 fully saturated rings. The predicted octanol–water partition coefficient (Wildman–Crippen LogP) is 3.03. The number of nitrogens with zero attached hydrogens (tertiary/aromatic N) is 2. The summed E-state index contributed by atoms with van der Waals surface area (Å²) in [6.07, 6.45) is 2.98. The number of carbonyl (C=O) groups excluding carboxylic acids is 1. The quantitative estimate of drug-likeness (QED) is 0.714. The van der Waals surface area contributed by atoms with Crippen molar-refractivity contribution in [2.45, 2.75) is 0 Å². The van der Waals surface area contributed by atoms with Gasteiger partial charge in [0.1, 0.15) is 5.82 Å². The Bertz CT molecular complexity index is 1100. The maximum atomic E-state index is 13.9. The second-order valence-electron chi connectivity index (χ2n) is 6.74. The highest BCUT2D eigenvalue weighted by Crippen LogP contribution is 2.20. The molecule has 3 aromatic rings. The van der Waals surface area contributed by atoms with Crippen LogP contribution in [0.4, 0.5) is 10.1 Å². The number of piperazine rings is 1. The topological polar surface area (TPSA) is 56.4 Å². The molecule has 0 aliphatic carbocycles. The summed E-state index contributed by atoms with van der Waals surface area (Å²) in [5, 5.41) is 0.910. The number of rotatable bonds is 3. The number of anilines is 1. The number of aromatic nitrogens is 1. The number of hydrogen-bond acceptors (Lipinski definition) is 3. The van der Waals surface area contributed by atoms with Crippen LogP contribution in [0.2, 0.25) is 0 Å². The molecular weight excluding hydrogens is 357 g/mol. The molecular formula is C22H20FN3O2. The van der Waals surface area contributed by atoms with E-state index in [9.17, 15) is 14.0 Å². The fourth-order valence-corrected chi connectivity index (χ4v) is 3.43. The van der Waals surface area contributed by atoms with Crippen LogP contribution in [0.5, 0.6) is 0 Å². The Morgan fingerprint density at radius 3 is 2.50 bits per heavy atom. The molecule has 4 rings (SSSR count). The highest BCUT2D eigenvalue weighted by atomic mass is 19.1. The third-order valence-corrected chi connectivity index (χ3v) is 4.97. The summed E-state index contributed by atoms with van der Waals surface area (Å²) < 4.78 is 13.9. The number of fused-ring (bicyclic) bond motifs is 1. The normalized spacial score (nSPS) is 14.8. The SMILES string of the molecule is O=C(/C=C/c1cc2ccccc2[nH]c1=O)N1CCN(c2ccccc2F)CC1. The van der Waals surface area contributed by atoms with Crippen LogP contribution in [0.1, 0.15) is 5.56 Å². The first-order chi connectivity index (χ1) is 13.6. The molecule has 1 amide bonds. The third kappa shape index (κ3) is 3.67. The molecule has 0 saturated carbocycles. The number of amides is 1. The summed E-state index contributed by atoms with van der Waals surface area (Å²) in [7, 11) is 0. The van der Waals surface area contributed by atoms with Crippen molar-refractivity contribution in [1.29, 1.82) is 0 Å². The fourth-order valence-electron chi connectivity index (χ4n) is 3.43. The number of pyridine rings is 1. The van der Waals surface area contributed by atoms with Crippen molar-refractivity contribution in [3.8, 4) is 0 Å². The molecule has 2 heterocycles. The molecule has 1 aromatic heterocycles. The van der Waals surface area contributed by atoms with Gasteiger partial charge >= 0.3 is 0 Å². The molecule has 1 N–H and O–H groups in total. The van der Waals surface area contributed by atoms with Gasteiger partial charge in [0.05, 0.1) is 5.69 Å². The van der Waals surface area contributed by atoms with Crippen LogP contribution in [0, 0.1) is 5.82 Å². The van der Waals surface area contributed by atoms with Gasteiger partial charge in [0.25, 0.3) is 5.56 Å². The van der Waals surface area contributed by atoms with E-state index in [2.05, 4.69) is 4.98 Å². The van der Waals surface area contributed by atoms with E-state index in [0.717, 1.165) is 10.9 Å². The van der Waals surface area contributed by atoms with E-state index in [-0.39, 0.29) is 17.3 Å². The molecule has 2 aromatic carbocycles. The van der Waals surface area contributed by atoms with E-state index < -0.39 is 0 Å². The highest BCUT2D eigenvalue weighted by Gasteiger charge is 2.21. The number of nitrogens with one attached hydrogen (secondary N) is 1. The van der Waals surface area contributed by atoms with Crippen LogP contribution in [0.25, 0.3) is 17.0 Å². The van der Waals surface area contributed by atoms with Gasteiger partial charge in [-0.15, -0.1) is 0 Å². The summed E-state index contributed by atoms with van der Waals surface area (Å²) >= 11 is 0. The number of hydrogen-bond donors (Lipinski definition) is 1. The number of H-pyrrole nitrogens is 1. The predicted molar refractivity (Wildman–Crippen MR) is 109 cm³/mol. The van der Waals surface area contributed by atoms with Crippen molar-refractivity contribution in [2.75, 3.05) is 31.1 Å². The lowest BCUT2D eigenvalue weighted by Crippen LogP contribution is -2.48. The second-order valence-corrected chi connectivity index (χ2v) is 6.74. The number of aromatic amines is 1. The average Bonchev–Trinajstić information content (AvgIpc) is 2.72. The van der Waals surface area contributed by atoms with Gasteiger partial charge < -0.3 is 14.8 Å². The molecule has 28 heavy (non-hydrogen) atoms. The van der Waals surface area contributed by atoms with Crippen LogP contribution in [0.3, 0.4) is 0 Å². The van der Waals surface area contributed by atoms with Crippen LogP contribution in [0.15, 0.2) is 65.5 Å². The number of halogens is 1. The molecule has 0 spiro atoms. The number of benzene rings is 2. The van der Waals surface area contributed by atoms with E-state index in [0.29, 0.717) is 37.4 Å². The van der Waals surface area contributed by atoms with Crippen LogP contribution in [-0.2, 0) is 4.79 Å². The van der Waals surface area contributed by atoms with Crippen molar-refractivity contribution in [2.24, 2.45) is 0 Å². The lowest BCUT2D eigenvalue weighted by molar-refractivity contribution is -0.126. The summed E-state index contributed by atoms with van der Waals surface area (Å²) in [4.78, 5) is 31.1. The Balaban J connectivity index is 1.43. The van der Waals surface area contributed by atoms with E-state index in [4.69, 9.17) is 0 Å². The van der Waals surface area contributed by atoms with Gasteiger partial charge in [-0.05, 0) is 35.7 Å². The zero-order chi connectivity index (χ0) is 19.5. The summed E-state index contributed by atoms with van der Waals surface area (Å²) in [5.74, 6) is -0.404. The van der Waals surface area contributed by atoms with E-state index in [1.54, 1.807) is 35.2 Å². The lowest BCUT2D eigenvalue weighted by Gasteiger charge is -2.35. The molecule has 6 heteroatoms. The minimum Gasteiger partial charge on any atom is -0.366 e. The van der Waals surface area contributed by atoms with Crippen molar-refractivity contribution in [3.63, 3.8) is 0 Å². The molecule has 142 valence electrons. The van der Waals surface area contributed by atoms with Crippen LogP contribution >= 0.6 is 0 Å². The van der Waals surface area contributed by atoms with Gasteiger partial charge in [0, 0.05) is 43.3 Å². The first-order valence-electron chi connectivity index (χ1n) is 9.20. The first-order valence-corrected chi connectivity index (χ1v) is 9.20. The molecule has 0 unspecified atom stereocenters. The molecule has 5 nitrogen and oxygen atoms in total. The Morgan fingerprint density at radius 1 is 1.00 bits per heavy atom. The second kappa shape index (κ2) is 7.68. The zero-order valence-corrected chi connectivity index (χ0v) is 15.3. The van der Waals surface area contributed by atoms with Gasteiger partial charge in [0.15, 0.2) is 0 Å². The largest absolute Gasteiger partial charge is 0.366 e. The van der Waals surface area contributed by atoms with Crippen molar-refractivity contribution in [3.05, 3.63) is 82.4 Å². The van der Waals surface area contributed by atoms with E-state index in [1.807, 2.05) is 29.2 Å². The summed E-state index contributed by atoms with van der Waals surface area (Å²) in [5.41, 5.74) is 1.54. The summed E-state index contributed by atoms with van der Waals surface area (Å²) in [6.45, 7) is 2.14. The van der Waals surface area contributed by atoms with Gasteiger partial charge in [-0.2, -0.15) is 0 Å². The molecule has 0 radical (unpaired) electrons. The van der Waals surface area contributed by atoms with E-state index >= 15 is 0 Å². The molecule has 1 saturated heterocycles. The standard InChI is InChI=1S/C22H20FN3O2/c23-18-6-2-4-8-20(18)25-11-13-26(14-12-25)21(27)10-9-17-15-16-5-1-3-7-19(16)24-22(17)28/h1-10,15H,11-14H2,(H,24,28)/b10-9+. The number of para-hydroxylation sites is 2.